The topological polar surface area (TPSA) is 111 Å². The third kappa shape index (κ3) is 6.60. The second kappa shape index (κ2) is 12.8. The summed E-state index contributed by atoms with van der Waals surface area (Å²) in [6.45, 7) is 0.494. The minimum atomic E-state index is -4.53. The van der Waals surface area contributed by atoms with Crippen LogP contribution in [0.5, 0.6) is 5.75 Å². The maximum Gasteiger partial charge on any atom is 0.422 e. The summed E-state index contributed by atoms with van der Waals surface area (Å²) in [7, 11) is 0. The van der Waals surface area contributed by atoms with Crippen LogP contribution in [-0.2, 0) is 13.1 Å². The van der Waals surface area contributed by atoms with E-state index in [4.69, 9.17) is 16.3 Å². The lowest BCUT2D eigenvalue weighted by molar-refractivity contribution is -0.153. The summed E-state index contributed by atoms with van der Waals surface area (Å²) in [6.07, 6.45) is -1.41. The number of aromatic nitrogens is 4. The molecule has 6 rings (SSSR count). The van der Waals surface area contributed by atoms with E-state index in [0.717, 1.165) is 0 Å². The van der Waals surface area contributed by atoms with Gasteiger partial charge in [-0.2, -0.15) is 13.2 Å². The van der Waals surface area contributed by atoms with Gasteiger partial charge in [-0.15, -0.1) is 0 Å². The molecular formula is C32H25BrClF3N6O4. The fraction of sp³-hybridized carbons (Fsp3) is 0.219. The maximum atomic E-state index is 14.2. The number of nitrogens with zero attached hydrogens (tertiary/aromatic N) is 5. The molecule has 0 unspecified atom stereocenters. The van der Waals surface area contributed by atoms with Crippen molar-refractivity contribution in [1.29, 1.82) is 0 Å². The van der Waals surface area contributed by atoms with Crippen LogP contribution in [0.25, 0.3) is 16.7 Å². The Morgan fingerprint density at radius 1 is 1.06 bits per heavy atom. The Kier molecular flexibility index (Phi) is 8.81. The number of hydrogen-bond acceptors (Lipinski definition) is 6. The Hall–Kier alpha value is -4.69. The van der Waals surface area contributed by atoms with Crippen LogP contribution in [0.4, 0.5) is 13.2 Å². The summed E-state index contributed by atoms with van der Waals surface area (Å²) in [6, 6.07) is 15.0. The van der Waals surface area contributed by atoms with E-state index in [0.29, 0.717) is 31.7 Å². The molecule has 10 nitrogen and oxygen atoms in total. The number of amides is 2. The monoisotopic (exact) mass is 728 g/mol. The quantitative estimate of drug-likeness (QED) is 0.217. The summed E-state index contributed by atoms with van der Waals surface area (Å²) in [4.78, 5) is 51.8. The van der Waals surface area contributed by atoms with E-state index in [1.165, 1.54) is 44.4 Å². The molecule has 2 amide bonds. The van der Waals surface area contributed by atoms with Gasteiger partial charge in [0.1, 0.15) is 11.4 Å². The molecule has 5 aromatic rings. The highest BCUT2D eigenvalue weighted by Gasteiger charge is 2.33. The zero-order chi connectivity index (χ0) is 33.5. The Balaban J connectivity index is 1.39. The van der Waals surface area contributed by atoms with E-state index < -0.39 is 30.4 Å². The van der Waals surface area contributed by atoms with Crippen molar-refractivity contribution in [3.05, 3.63) is 116 Å². The molecule has 3 heterocycles. The number of imidazole rings is 1. The van der Waals surface area contributed by atoms with Crippen LogP contribution in [0.3, 0.4) is 0 Å². The molecule has 1 aliphatic rings. The number of carbonyl (C=O) groups excluding carboxylic acids is 2. The van der Waals surface area contributed by atoms with Gasteiger partial charge in [0.05, 0.1) is 40.0 Å². The molecule has 0 saturated carbocycles. The molecule has 15 heteroatoms. The molecule has 242 valence electrons. The highest BCUT2D eigenvalue weighted by Crippen LogP contribution is 2.28. The highest BCUT2D eigenvalue weighted by atomic mass is 79.9. The van der Waals surface area contributed by atoms with Crippen molar-refractivity contribution in [1.82, 2.24) is 29.3 Å². The molecule has 1 atom stereocenters. The third-order valence-corrected chi connectivity index (χ3v) is 8.92. The largest absolute Gasteiger partial charge is 0.484 e. The number of hydrogen-bond donors (Lipinski definition) is 1. The first-order valence-electron chi connectivity index (χ1n) is 14.3. The number of alkyl halides is 3. The van der Waals surface area contributed by atoms with Crippen molar-refractivity contribution in [2.24, 2.45) is 0 Å². The molecule has 1 N–H and O–H groups in total. The van der Waals surface area contributed by atoms with Crippen LogP contribution in [0.2, 0.25) is 5.02 Å². The summed E-state index contributed by atoms with van der Waals surface area (Å²) < 4.78 is 46.2. The lowest BCUT2D eigenvalue weighted by Crippen LogP contribution is -2.41. The van der Waals surface area contributed by atoms with Gasteiger partial charge in [0.2, 0.25) is 0 Å². The number of carbonyl (C=O) groups is 2. The fourth-order valence-electron chi connectivity index (χ4n) is 5.48. The van der Waals surface area contributed by atoms with Crippen molar-refractivity contribution >= 4 is 50.4 Å². The predicted octanol–water partition coefficient (Wildman–Crippen LogP) is 6.09. The Morgan fingerprint density at radius 3 is 2.53 bits per heavy atom. The van der Waals surface area contributed by atoms with Crippen molar-refractivity contribution in [2.45, 2.75) is 32.2 Å². The first kappa shape index (κ1) is 32.3. The molecule has 0 aliphatic carbocycles. The summed E-state index contributed by atoms with van der Waals surface area (Å²) >= 11 is 9.55. The number of benzene rings is 3. The molecule has 0 bridgehead atoms. The number of halogens is 5. The number of rotatable bonds is 7. The van der Waals surface area contributed by atoms with Gasteiger partial charge in [0.25, 0.3) is 11.8 Å². The Bertz CT molecular complexity index is 2060. The van der Waals surface area contributed by atoms with Crippen LogP contribution >= 0.6 is 27.5 Å². The van der Waals surface area contributed by atoms with E-state index in [2.05, 4.69) is 31.2 Å². The van der Waals surface area contributed by atoms with Crippen molar-refractivity contribution in [3.63, 3.8) is 0 Å². The average Bonchev–Trinajstić information content (AvgIpc) is 3.35. The minimum absolute atomic E-state index is 0.0246. The summed E-state index contributed by atoms with van der Waals surface area (Å²) in [5, 5.41) is 3.31. The van der Waals surface area contributed by atoms with Crippen LogP contribution in [0, 0.1) is 0 Å². The van der Waals surface area contributed by atoms with Gasteiger partial charge in [-0.05, 0) is 71.4 Å². The fourth-order valence-corrected chi connectivity index (χ4v) is 5.91. The highest BCUT2D eigenvalue weighted by molar-refractivity contribution is 9.10. The summed E-state index contributed by atoms with van der Waals surface area (Å²) in [5.41, 5.74) is 2.21. The first-order chi connectivity index (χ1) is 22.4. The van der Waals surface area contributed by atoms with E-state index in [1.807, 2.05) is 6.07 Å². The van der Waals surface area contributed by atoms with Gasteiger partial charge < -0.3 is 15.0 Å². The molecule has 0 spiro atoms. The number of fused-ring (bicyclic) bond motifs is 2. The lowest BCUT2D eigenvalue weighted by Gasteiger charge is -2.28. The van der Waals surface area contributed by atoms with E-state index in [9.17, 15) is 27.6 Å². The van der Waals surface area contributed by atoms with Crippen LogP contribution in [0.15, 0.2) is 82.3 Å². The maximum absolute atomic E-state index is 14.2. The SMILES string of the molecule is C[C@@H](NC(=O)c1c2n(c(=O)n1-c1ccc(OCC(F)(F)F)cc1)CCN(C(=O)c1ccc(Br)c(Cl)c1)C2)c1cccc2nccnc12. The Labute approximate surface area is 278 Å². The van der Waals surface area contributed by atoms with Crippen LogP contribution < -0.4 is 15.7 Å². The van der Waals surface area contributed by atoms with Gasteiger partial charge in [0.15, 0.2) is 6.61 Å². The van der Waals surface area contributed by atoms with Crippen molar-refractivity contribution < 1.29 is 27.5 Å². The van der Waals surface area contributed by atoms with Gasteiger partial charge in [-0.3, -0.25) is 28.7 Å². The molecule has 0 radical (unpaired) electrons. The predicted molar refractivity (Wildman–Crippen MR) is 171 cm³/mol. The van der Waals surface area contributed by atoms with Gasteiger partial charge in [0, 0.05) is 41.1 Å². The molecule has 1 aliphatic heterocycles. The lowest BCUT2D eigenvalue weighted by atomic mass is 10.1. The number of nitrogens with one attached hydrogen (secondary N) is 1. The second-order valence-corrected chi connectivity index (χ2v) is 12.0. The molecule has 47 heavy (non-hydrogen) atoms. The molecule has 2 aromatic heterocycles. The Morgan fingerprint density at radius 2 is 1.81 bits per heavy atom. The zero-order valence-corrected chi connectivity index (χ0v) is 26.9. The molecular weight excluding hydrogens is 705 g/mol. The van der Waals surface area contributed by atoms with Crippen molar-refractivity contribution in [3.8, 4) is 11.4 Å². The average molecular weight is 730 g/mol. The number of para-hydroxylation sites is 1. The minimum Gasteiger partial charge on any atom is -0.484 e. The molecule has 0 saturated heterocycles. The van der Waals surface area contributed by atoms with E-state index >= 15 is 0 Å². The summed E-state index contributed by atoms with van der Waals surface area (Å²) in [5.74, 6) is -1.02. The van der Waals surface area contributed by atoms with Gasteiger partial charge >= 0.3 is 11.9 Å². The zero-order valence-electron chi connectivity index (χ0n) is 24.6. The van der Waals surface area contributed by atoms with Gasteiger partial charge in [-0.25, -0.2) is 4.79 Å². The smallest absolute Gasteiger partial charge is 0.422 e. The van der Waals surface area contributed by atoms with E-state index in [-0.39, 0.29) is 48.4 Å². The van der Waals surface area contributed by atoms with Gasteiger partial charge in [-0.1, -0.05) is 23.7 Å². The third-order valence-electron chi connectivity index (χ3n) is 7.69. The van der Waals surface area contributed by atoms with Crippen LogP contribution in [-0.4, -0.2) is 55.1 Å². The standard InChI is InChI=1S/C32H25BrClF3N6O4/c1-18(22-3-2-4-25-27(22)39-12-11-38-25)40-29(44)28-26-16-41(30(45)19-5-10-23(33)24(34)15-19)13-14-42(26)31(46)43(28)20-6-8-21(9-7-20)47-17-32(35,36)37/h2-12,15,18H,13-14,16-17H2,1H3,(H,40,44)/t18-/m1/s1. The van der Waals surface area contributed by atoms with Crippen LogP contribution in [0.1, 0.15) is 45.1 Å². The number of ether oxygens (including phenoxy) is 1. The van der Waals surface area contributed by atoms with E-state index in [1.54, 1.807) is 43.6 Å². The second-order valence-electron chi connectivity index (χ2n) is 10.8. The molecule has 0 fully saturated rings. The first-order valence-corrected chi connectivity index (χ1v) is 15.5. The van der Waals surface area contributed by atoms with Crippen molar-refractivity contribution in [2.75, 3.05) is 13.2 Å². The molecule has 3 aromatic carbocycles. The normalized spacial score (nSPS) is 13.7.